The summed E-state index contributed by atoms with van der Waals surface area (Å²) in [6.07, 6.45) is 1.53. The Morgan fingerprint density at radius 1 is 1.17 bits per heavy atom. The first-order valence-electron chi connectivity index (χ1n) is 7.10. The van der Waals surface area contributed by atoms with Crippen molar-refractivity contribution in [1.29, 1.82) is 0 Å². The highest BCUT2D eigenvalue weighted by Crippen LogP contribution is 2.29. The van der Waals surface area contributed by atoms with Gasteiger partial charge in [-0.1, -0.05) is 18.2 Å². The van der Waals surface area contributed by atoms with Gasteiger partial charge in [-0.15, -0.1) is 0 Å². The number of methoxy groups -OCH3 is 1. The Kier molecular flexibility index (Phi) is 5.25. The second-order valence-electron chi connectivity index (χ2n) is 4.75. The second kappa shape index (κ2) is 7.35. The van der Waals surface area contributed by atoms with Crippen LogP contribution in [-0.4, -0.2) is 29.9 Å². The van der Waals surface area contributed by atoms with Crippen LogP contribution >= 0.6 is 0 Å². The molecule has 0 atom stereocenters. The number of hydrogen-bond acceptors (Lipinski definition) is 4. The Morgan fingerprint density at radius 3 is 2.43 bits per heavy atom. The lowest BCUT2D eigenvalue weighted by Gasteiger charge is -2.08. The number of aliphatic carboxylic acids is 1. The normalized spacial score (nSPS) is 11.1. The number of benzene rings is 2. The van der Waals surface area contributed by atoms with Gasteiger partial charge in [-0.3, -0.25) is 0 Å². The van der Waals surface area contributed by atoms with E-state index in [9.17, 15) is 15.0 Å². The van der Waals surface area contributed by atoms with Crippen LogP contribution in [0.3, 0.4) is 0 Å². The standard InChI is InChI=1S/C18H18O5/c1-3-23-17-11-12(4-9-16(17)19)10-15(18(20)21)13-5-7-14(22-2)8-6-13/h4-11,19H,3H2,1-2H3,(H,20,21)/b15-10-. The zero-order valence-electron chi connectivity index (χ0n) is 12.9. The summed E-state index contributed by atoms with van der Waals surface area (Å²) in [4.78, 5) is 11.6. The molecule has 0 heterocycles. The molecule has 0 aromatic heterocycles. The monoisotopic (exact) mass is 314 g/mol. The van der Waals surface area contributed by atoms with Crippen molar-refractivity contribution in [1.82, 2.24) is 0 Å². The number of phenols is 1. The first-order valence-corrected chi connectivity index (χ1v) is 7.10. The van der Waals surface area contributed by atoms with Crippen LogP contribution in [0.1, 0.15) is 18.1 Å². The minimum absolute atomic E-state index is 0.0188. The van der Waals surface area contributed by atoms with Gasteiger partial charge in [0.05, 0.1) is 19.3 Å². The first-order chi connectivity index (χ1) is 11.0. The fourth-order valence-electron chi connectivity index (χ4n) is 2.10. The molecule has 0 bridgehead atoms. The number of aromatic hydroxyl groups is 1. The van der Waals surface area contributed by atoms with Crippen LogP contribution < -0.4 is 9.47 Å². The summed E-state index contributed by atoms with van der Waals surface area (Å²) in [5, 5.41) is 19.2. The van der Waals surface area contributed by atoms with Crippen LogP contribution in [0.5, 0.6) is 17.2 Å². The lowest BCUT2D eigenvalue weighted by Crippen LogP contribution is -2.00. The van der Waals surface area contributed by atoms with Crippen molar-refractivity contribution in [2.45, 2.75) is 6.92 Å². The van der Waals surface area contributed by atoms with Crippen molar-refractivity contribution >= 4 is 17.6 Å². The maximum absolute atomic E-state index is 11.6. The number of carboxylic acid groups (broad SMARTS) is 1. The average molecular weight is 314 g/mol. The second-order valence-corrected chi connectivity index (χ2v) is 4.75. The molecule has 0 fully saturated rings. The van der Waals surface area contributed by atoms with Gasteiger partial charge in [0.25, 0.3) is 0 Å². The molecule has 2 aromatic rings. The molecule has 2 aromatic carbocycles. The number of rotatable bonds is 6. The van der Waals surface area contributed by atoms with Crippen LogP contribution in [0.25, 0.3) is 11.6 Å². The van der Waals surface area contributed by atoms with Gasteiger partial charge >= 0.3 is 5.97 Å². The highest BCUT2D eigenvalue weighted by molar-refractivity contribution is 6.20. The van der Waals surface area contributed by atoms with Gasteiger partial charge in [0, 0.05) is 0 Å². The van der Waals surface area contributed by atoms with E-state index < -0.39 is 5.97 Å². The van der Waals surface area contributed by atoms with Crippen LogP contribution in [0.15, 0.2) is 42.5 Å². The van der Waals surface area contributed by atoms with E-state index in [0.717, 1.165) is 0 Å². The number of carbonyl (C=O) groups is 1. The molecule has 2 N–H and O–H groups in total. The van der Waals surface area contributed by atoms with Crippen molar-refractivity contribution in [3.05, 3.63) is 53.6 Å². The molecule has 5 nitrogen and oxygen atoms in total. The van der Waals surface area contributed by atoms with E-state index in [-0.39, 0.29) is 11.3 Å². The highest BCUT2D eigenvalue weighted by atomic mass is 16.5. The molecule has 0 aliphatic carbocycles. The fourth-order valence-corrected chi connectivity index (χ4v) is 2.10. The topological polar surface area (TPSA) is 76.0 Å². The van der Waals surface area contributed by atoms with Gasteiger partial charge in [0.15, 0.2) is 11.5 Å². The molecule has 23 heavy (non-hydrogen) atoms. The largest absolute Gasteiger partial charge is 0.504 e. The molecule has 0 saturated carbocycles. The van der Waals surface area contributed by atoms with E-state index in [1.54, 1.807) is 43.5 Å². The number of hydrogen-bond donors (Lipinski definition) is 2. The number of ether oxygens (including phenoxy) is 2. The van der Waals surface area contributed by atoms with E-state index in [1.807, 2.05) is 6.92 Å². The van der Waals surface area contributed by atoms with Crippen molar-refractivity contribution < 1.29 is 24.5 Å². The molecule has 0 radical (unpaired) electrons. The lowest BCUT2D eigenvalue weighted by atomic mass is 10.0. The molecule has 0 saturated heterocycles. The molecular formula is C18H18O5. The van der Waals surface area contributed by atoms with Gasteiger partial charge < -0.3 is 19.7 Å². The predicted molar refractivity (Wildman–Crippen MR) is 87.8 cm³/mol. The zero-order chi connectivity index (χ0) is 16.8. The first kappa shape index (κ1) is 16.4. The Hall–Kier alpha value is -2.95. The minimum Gasteiger partial charge on any atom is -0.504 e. The van der Waals surface area contributed by atoms with Crippen molar-refractivity contribution in [2.75, 3.05) is 13.7 Å². The third-order valence-corrected chi connectivity index (χ3v) is 3.23. The summed E-state index contributed by atoms with van der Waals surface area (Å²) in [6.45, 7) is 2.22. The Morgan fingerprint density at radius 2 is 1.87 bits per heavy atom. The van der Waals surface area contributed by atoms with Crippen LogP contribution in [0.4, 0.5) is 0 Å². The molecule has 120 valence electrons. The molecule has 2 rings (SSSR count). The lowest BCUT2D eigenvalue weighted by molar-refractivity contribution is -0.130. The molecular weight excluding hydrogens is 296 g/mol. The maximum atomic E-state index is 11.6. The quantitative estimate of drug-likeness (QED) is 0.631. The van der Waals surface area contributed by atoms with Gasteiger partial charge in [0.1, 0.15) is 5.75 Å². The van der Waals surface area contributed by atoms with E-state index in [1.165, 1.54) is 12.1 Å². The maximum Gasteiger partial charge on any atom is 0.336 e. The smallest absolute Gasteiger partial charge is 0.336 e. The van der Waals surface area contributed by atoms with Gasteiger partial charge in [0.2, 0.25) is 0 Å². The zero-order valence-corrected chi connectivity index (χ0v) is 12.9. The van der Waals surface area contributed by atoms with E-state index in [2.05, 4.69) is 0 Å². The van der Waals surface area contributed by atoms with E-state index in [4.69, 9.17) is 9.47 Å². The highest BCUT2D eigenvalue weighted by Gasteiger charge is 2.11. The third kappa shape index (κ3) is 4.03. The Balaban J connectivity index is 2.42. The summed E-state index contributed by atoms with van der Waals surface area (Å²) >= 11 is 0. The van der Waals surface area contributed by atoms with Crippen molar-refractivity contribution in [3.63, 3.8) is 0 Å². The summed E-state index contributed by atoms with van der Waals surface area (Å²) in [5.74, 6) is -0.0472. The molecule has 0 amide bonds. The van der Waals surface area contributed by atoms with Crippen molar-refractivity contribution in [3.8, 4) is 17.2 Å². The third-order valence-electron chi connectivity index (χ3n) is 3.23. The molecule has 0 aliphatic heterocycles. The van der Waals surface area contributed by atoms with E-state index >= 15 is 0 Å². The van der Waals surface area contributed by atoms with Gasteiger partial charge in [-0.2, -0.15) is 0 Å². The summed E-state index contributed by atoms with van der Waals surface area (Å²) in [5.41, 5.74) is 1.32. The van der Waals surface area contributed by atoms with Crippen LogP contribution in [0, 0.1) is 0 Å². The predicted octanol–water partition coefficient (Wildman–Crippen LogP) is 3.42. The fraction of sp³-hybridized carbons (Fsp3) is 0.167. The van der Waals surface area contributed by atoms with Crippen molar-refractivity contribution in [2.24, 2.45) is 0 Å². The molecule has 0 spiro atoms. The van der Waals surface area contributed by atoms with Gasteiger partial charge in [-0.25, -0.2) is 4.79 Å². The summed E-state index contributed by atoms with van der Waals surface area (Å²) < 4.78 is 10.4. The Bertz CT molecular complexity index is 717. The SMILES string of the molecule is CCOc1cc(/C=C(\C(=O)O)c2ccc(OC)cc2)ccc1O. The number of carboxylic acids is 1. The van der Waals surface area contributed by atoms with Crippen LogP contribution in [0.2, 0.25) is 0 Å². The number of phenolic OH excluding ortho intramolecular Hbond substituents is 1. The average Bonchev–Trinajstić information content (AvgIpc) is 2.55. The minimum atomic E-state index is -1.04. The van der Waals surface area contributed by atoms with Crippen LogP contribution in [-0.2, 0) is 4.79 Å². The molecule has 5 heteroatoms. The molecule has 0 aliphatic rings. The van der Waals surface area contributed by atoms with Gasteiger partial charge in [-0.05, 0) is 48.4 Å². The molecule has 0 unspecified atom stereocenters. The summed E-state index contributed by atoms with van der Waals surface area (Å²) in [7, 11) is 1.55. The van der Waals surface area contributed by atoms with E-state index in [0.29, 0.717) is 29.2 Å². The summed E-state index contributed by atoms with van der Waals surface area (Å²) in [6, 6.07) is 11.5. The Labute approximate surface area is 134 Å².